The van der Waals surface area contributed by atoms with Crippen LogP contribution in [0.2, 0.25) is 0 Å². The van der Waals surface area contributed by atoms with Gasteiger partial charge in [0.25, 0.3) is 0 Å². The van der Waals surface area contributed by atoms with Crippen molar-refractivity contribution in [3.63, 3.8) is 0 Å². The lowest BCUT2D eigenvalue weighted by atomic mass is 10.2. The minimum atomic E-state index is 0.417. The van der Waals surface area contributed by atoms with Crippen LogP contribution >= 0.6 is 11.3 Å². The summed E-state index contributed by atoms with van der Waals surface area (Å²) in [4.78, 5) is 1.39. The molecule has 54 valence electrons. The zero-order valence-electron chi connectivity index (χ0n) is 5.75. The van der Waals surface area contributed by atoms with Gasteiger partial charge in [-0.25, -0.2) is 0 Å². The van der Waals surface area contributed by atoms with Crippen LogP contribution in [-0.2, 0) is 4.74 Å². The number of hydrogen-bond acceptors (Lipinski definition) is 2. The van der Waals surface area contributed by atoms with Crippen LogP contribution in [0.1, 0.15) is 23.8 Å². The molecule has 0 aliphatic carbocycles. The maximum Gasteiger partial charge on any atom is 0.0917 e. The summed E-state index contributed by atoms with van der Waals surface area (Å²) < 4.78 is 5.51. The predicted octanol–water partition coefficient (Wildman–Crippen LogP) is 2.60. The highest BCUT2D eigenvalue weighted by atomic mass is 32.1. The second-order valence-electron chi connectivity index (χ2n) is 2.52. The topological polar surface area (TPSA) is 9.23 Å². The fourth-order valence-electron chi connectivity index (χ4n) is 1.28. The lowest BCUT2D eigenvalue weighted by Gasteiger charge is -2.04. The van der Waals surface area contributed by atoms with E-state index in [4.69, 9.17) is 4.74 Å². The quantitative estimate of drug-likeness (QED) is 0.604. The molecule has 2 heterocycles. The van der Waals surface area contributed by atoms with Crippen molar-refractivity contribution in [1.29, 1.82) is 0 Å². The number of ether oxygens (including phenoxy) is 1. The first-order valence-electron chi connectivity index (χ1n) is 3.62. The number of thiophene rings is 1. The van der Waals surface area contributed by atoms with E-state index < -0.39 is 0 Å². The normalized spacial score (nSPS) is 25.4. The zero-order valence-corrected chi connectivity index (χ0v) is 6.56. The van der Waals surface area contributed by atoms with Crippen molar-refractivity contribution in [1.82, 2.24) is 0 Å². The van der Waals surface area contributed by atoms with Gasteiger partial charge in [0.2, 0.25) is 0 Å². The molecule has 1 unspecified atom stereocenters. The van der Waals surface area contributed by atoms with Crippen LogP contribution in [0.25, 0.3) is 0 Å². The summed E-state index contributed by atoms with van der Waals surface area (Å²) in [6.07, 6.45) is 2.85. The maximum atomic E-state index is 5.51. The van der Waals surface area contributed by atoms with Crippen molar-refractivity contribution in [2.24, 2.45) is 0 Å². The van der Waals surface area contributed by atoms with Gasteiger partial charge >= 0.3 is 0 Å². The Hall–Kier alpha value is -0.340. The first-order valence-corrected chi connectivity index (χ1v) is 4.50. The molecular weight excluding hydrogens is 144 g/mol. The summed E-state index contributed by atoms with van der Waals surface area (Å²) in [7, 11) is 0. The van der Waals surface area contributed by atoms with Gasteiger partial charge in [0.1, 0.15) is 0 Å². The summed E-state index contributed by atoms with van der Waals surface area (Å²) in [5.41, 5.74) is 0. The second-order valence-corrected chi connectivity index (χ2v) is 3.50. The Bertz CT molecular complexity index is 187. The van der Waals surface area contributed by atoms with Crippen molar-refractivity contribution in [3.8, 4) is 0 Å². The van der Waals surface area contributed by atoms with Gasteiger partial charge in [0, 0.05) is 11.5 Å². The monoisotopic (exact) mass is 154 g/mol. The largest absolute Gasteiger partial charge is 0.373 e. The third-order valence-corrected chi connectivity index (χ3v) is 2.75. The van der Waals surface area contributed by atoms with Gasteiger partial charge in [0.15, 0.2) is 0 Å². The third kappa shape index (κ3) is 1.09. The molecule has 1 aliphatic rings. The van der Waals surface area contributed by atoms with Crippen LogP contribution in [0, 0.1) is 0 Å². The van der Waals surface area contributed by atoms with Crippen LogP contribution in [-0.4, -0.2) is 6.61 Å². The number of rotatable bonds is 1. The minimum absolute atomic E-state index is 0.417. The van der Waals surface area contributed by atoms with Crippen LogP contribution in [0.5, 0.6) is 0 Å². The molecular formula is C8H10OS. The fraction of sp³-hybridized carbons (Fsp3) is 0.500. The molecule has 0 aromatic carbocycles. The predicted molar refractivity (Wildman–Crippen MR) is 42.2 cm³/mol. The van der Waals surface area contributed by atoms with Gasteiger partial charge in [-0.05, 0) is 24.3 Å². The average molecular weight is 154 g/mol. The number of hydrogen-bond donors (Lipinski definition) is 0. The molecule has 0 bridgehead atoms. The average Bonchev–Trinajstić information content (AvgIpc) is 2.59. The Kier molecular flexibility index (Phi) is 1.74. The van der Waals surface area contributed by atoms with Crippen LogP contribution in [0.15, 0.2) is 17.5 Å². The lowest BCUT2D eigenvalue weighted by molar-refractivity contribution is 0.114. The molecule has 0 N–H and O–H groups in total. The highest BCUT2D eigenvalue weighted by Crippen LogP contribution is 2.30. The summed E-state index contributed by atoms with van der Waals surface area (Å²) in [6.45, 7) is 0.947. The second kappa shape index (κ2) is 2.72. The Morgan fingerprint density at radius 3 is 3.20 bits per heavy atom. The molecule has 1 saturated heterocycles. The van der Waals surface area contributed by atoms with Crippen molar-refractivity contribution >= 4 is 11.3 Å². The molecule has 1 nitrogen and oxygen atoms in total. The molecule has 0 amide bonds. The standard InChI is InChI=1S/C8H10OS/c1-3-7(9-5-1)8-4-2-6-10-8/h2,4,6-7H,1,3,5H2. The van der Waals surface area contributed by atoms with E-state index in [-0.39, 0.29) is 0 Å². The first-order chi connectivity index (χ1) is 4.97. The molecule has 1 atom stereocenters. The Balaban J connectivity index is 2.12. The van der Waals surface area contributed by atoms with E-state index >= 15 is 0 Å². The summed E-state index contributed by atoms with van der Waals surface area (Å²) in [5.74, 6) is 0. The van der Waals surface area contributed by atoms with Crippen molar-refractivity contribution < 1.29 is 4.74 Å². The minimum Gasteiger partial charge on any atom is -0.373 e. The molecule has 1 aliphatic heterocycles. The summed E-state index contributed by atoms with van der Waals surface area (Å²) in [6, 6.07) is 4.24. The van der Waals surface area contributed by atoms with Gasteiger partial charge in [-0.2, -0.15) is 0 Å². The smallest absolute Gasteiger partial charge is 0.0917 e. The highest BCUT2D eigenvalue weighted by Gasteiger charge is 2.17. The highest BCUT2D eigenvalue weighted by molar-refractivity contribution is 7.10. The molecule has 10 heavy (non-hydrogen) atoms. The molecule has 1 aromatic rings. The van der Waals surface area contributed by atoms with Crippen LogP contribution in [0.4, 0.5) is 0 Å². The van der Waals surface area contributed by atoms with E-state index in [1.54, 1.807) is 11.3 Å². The fourth-order valence-corrected chi connectivity index (χ4v) is 2.09. The molecule has 0 radical (unpaired) electrons. The van der Waals surface area contributed by atoms with Crippen molar-refractivity contribution in [3.05, 3.63) is 22.4 Å². The van der Waals surface area contributed by atoms with Gasteiger partial charge in [0.05, 0.1) is 6.10 Å². The van der Waals surface area contributed by atoms with Crippen molar-refractivity contribution in [2.75, 3.05) is 6.61 Å². The van der Waals surface area contributed by atoms with Crippen LogP contribution < -0.4 is 0 Å². The van der Waals surface area contributed by atoms with E-state index in [0.29, 0.717) is 6.10 Å². The van der Waals surface area contributed by atoms with Gasteiger partial charge in [-0.15, -0.1) is 11.3 Å². The summed E-state index contributed by atoms with van der Waals surface area (Å²) in [5, 5.41) is 2.11. The van der Waals surface area contributed by atoms with E-state index in [1.807, 2.05) is 0 Å². The molecule has 0 spiro atoms. The van der Waals surface area contributed by atoms with E-state index in [2.05, 4.69) is 17.5 Å². The SMILES string of the molecule is c1csc(C2CCCO2)c1. The molecule has 2 heteroatoms. The Morgan fingerprint density at radius 2 is 2.60 bits per heavy atom. The molecule has 0 saturated carbocycles. The van der Waals surface area contributed by atoms with E-state index in [9.17, 15) is 0 Å². The summed E-state index contributed by atoms with van der Waals surface area (Å²) >= 11 is 1.80. The van der Waals surface area contributed by atoms with E-state index in [0.717, 1.165) is 6.61 Å². The van der Waals surface area contributed by atoms with Gasteiger partial charge in [-0.3, -0.25) is 0 Å². The Morgan fingerprint density at radius 1 is 1.60 bits per heavy atom. The first kappa shape index (κ1) is 6.38. The third-order valence-electron chi connectivity index (χ3n) is 1.79. The van der Waals surface area contributed by atoms with E-state index in [1.165, 1.54) is 17.7 Å². The maximum absolute atomic E-state index is 5.51. The van der Waals surface area contributed by atoms with Crippen LogP contribution in [0.3, 0.4) is 0 Å². The molecule has 1 aromatic heterocycles. The van der Waals surface area contributed by atoms with Crippen molar-refractivity contribution in [2.45, 2.75) is 18.9 Å². The van der Waals surface area contributed by atoms with Gasteiger partial charge < -0.3 is 4.74 Å². The molecule has 1 fully saturated rings. The lowest BCUT2D eigenvalue weighted by Crippen LogP contribution is -1.90. The Labute approximate surface area is 64.6 Å². The zero-order chi connectivity index (χ0) is 6.81. The van der Waals surface area contributed by atoms with Gasteiger partial charge in [-0.1, -0.05) is 6.07 Å². The molecule has 2 rings (SSSR count).